The highest BCUT2D eigenvalue weighted by Gasteiger charge is 2.36. The zero-order valence-electron chi connectivity index (χ0n) is 9.86. The predicted molar refractivity (Wildman–Crippen MR) is 66.7 cm³/mol. The molecule has 0 spiro atoms. The second kappa shape index (κ2) is 4.18. The van der Waals surface area contributed by atoms with Gasteiger partial charge in [0.2, 0.25) is 5.95 Å². The van der Waals surface area contributed by atoms with Crippen molar-refractivity contribution >= 4 is 18.2 Å². The molecule has 0 atom stereocenters. The van der Waals surface area contributed by atoms with E-state index in [9.17, 15) is 0 Å². The van der Waals surface area contributed by atoms with Gasteiger partial charge in [-0.25, -0.2) is 5.10 Å². The van der Waals surface area contributed by atoms with Crippen molar-refractivity contribution in [1.82, 2.24) is 19.7 Å². The third kappa shape index (κ3) is 1.87. The molecule has 16 heavy (non-hydrogen) atoms. The van der Waals surface area contributed by atoms with Gasteiger partial charge in [-0.1, -0.05) is 12.8 Å². The number of rotatable bonds is 3. The monoisotopic (exact) mass is 241 g/mol. The first-order valence-corrected chi connectivity index (χ1v) is 6.04. The highest BCUT2D eigenvalue weighted by Crippen LogP contribution is 2.35. The smallest absolute Gasteiger partial charge is 0.220 e. The number of nitrogens with one attached hydrogen (secondary N) is 1. The molecule has 3 N–H and O–H groups in total. The first-order valence-electron chi connectivity index (χ1n) is 5.63. The Morgan fingerprint density at radius 1 is 1.50 bits per heavy atom. The lowest BCUT2D eigenvalue weighted by Crippen LogP contribution is -2.45. The molecule has 2 rings (SSSR count). The maximum Gasteiger partial charge on any atom is 0.220 e. The van der Waals surface area contributed by atoms with Gasteiger partial charge in [-0.15, -0.1) is 5.10 Å². The van der Waals surface area contributed by atoms with Crippen LogP contribution in [0, 0.1) is 4.77 Å². The number of hydrogen-bond acceptors (Lipinski definition) is 4. The van der Waals surface area contributed by atoms with Gasteiger partial charge >= 0.3 is 0 Å². The van der Waals surface area contributed by atoms with Crippen molar-refractivity contribution < 1.29 is 0 Å². The Morgan fingerprint density at radius 3 is 2.56 bits per heavy atom. The van der Waals surface area contributed by atoms with E-state index in [4.69, 9.17) is 18.0 Å². The van der Waals surface area contributed by atoms with Gasteiger partial charge in [-0.2, -0.15) is 0 Å². The summed E-state index contributed by atoms with van der Waals surface area (Å²) in [4.78, 5) is 2.30. The second-order valence-corrected chi connectivity index (χ2v) is 5.19. The summed E-state index contributed by atoms with van der Waals surface area (Å²) < 4.78 is 2.52. The molecule has 90 valence electrons. The number of nitrogen functional groups attached to an aromatic ring is 1. The molecule has 1 aromatic rings. The third-order valence-corrected chi connectivity index (χ3v) is 4.03. The number of hydrogen-bond donors (Lipinski definition) is 2. The van der Waals surface area contributed by atoms with Crippen LogP contribution in [0.4, 0.5) is 5.95 Å². The van der Waals surface area contributed by atoms with Crippen molar-refractivity contribution in [2.75, 3.05) is 19.8 Å². The van der Waals surface area contributed by atoms with Gasteiger partial charge in [-0.05, 0) is 39.2 Å². The predicted octanol–water partition coefficient (Wildman–Crippen LogP) is 1.40. The lowest BCUT2D eigenvalue weighted by atomic mass is 9.96. The van der Waals surface area contributed by atoms with Crippen molar-refractivity contribution in [3.8, 4) is 0 Å². The number of aromatic amines is 1. The zero-order valence-corrected chi connectivity index (χ0v) is 10.7. The number of aromatic nitrogens is 3. The average Bonchev–Trinajstić information content (AvgIpc) is 2.81. The molecule has 0 amide bonds. The van der Waals surface area contributed by atoms with E-state index in [-0.39, 0.29) is 5.54 Å². The van der Waals surface area contributed by atoms with Gasteiger partial charge in [0.15, 0.2) is 4.77 Å². The van der Waals surface area contributed by atoms with Crippen molar-refractivity contribution in [2.45, 2.75) is 37.8 Å². The van der Waals surface area contributed by atoms with Crippen LogP contribution in [-0.2, 0) is 6.54 Å². The van der Waals surface area contributed by atoms with Crippen LogP contribution < -0.4 is 5.73 Å². The van der Waals surface area contributed by atoms with E-state index in [0.717, 1.165) is 6.54 Å². The molecule has 0 aliphatic heterocycles. The van der Waals surface area contributed by atoms with Gasteiger partial charge < -0.3 is 10.6 Å². The summed E-state index contributed by atoms with van der Waals surface area (Å²) in [5, 5.41) is 6.69. The second-order valence-electron chi connectivity index (χ2n) is 4.80. The first-order chi connectivity index (χ1) is 7.55. The molecule has 1 aliphatic rings. The van der Waals surface area contributed by atoms with Crippen molar-refractivity contribution in [1.29, 1.82) is 0 Å². The molecule has 1 saturated carbocycles. The third-order valence-electron chi connectivity index (χ3n) is 3.72. The highest BCUT2D eigenvalue weighted by molar-refractivity contribution is 7.71. The Hall–Kier alpha value is -0.880. The summed E-state index contributed by atoms with van der Waals surface area (Å²) in [6.45, 7) is 0.834. The van der Waals surface area contributed by atoms with E-state index >= 15 is 0 Å². The van der Waals surface area contributed by atoms with E-state index in [1.165, 1.54) is 25.7 Å². The molecule has 1 aliphatic carbocycles. The van der Waals surface area contributed by atoms with Crippen LogP contribution in [0.25, 0.3) is 0 Å². The Morgan fingerprint density at radius 2 is 2.12 bits per heavy atom. The minimum absolute atomic E-state index is 0.191. The molecular formula is C10H19N5S. The highest BCUT2D eigenvalue weighted by atomic mass is 32.1. The van der Waals surface area contributed by atoms with Crippen LogP contribution in [0.3, 0.4) is 0 Å². The lowest BCUT2D eigenvalue weighted by molar-refractivity contribution is 0.134. The van der Waals surface area contributed by atoms with E-state index in [0.29, 0.717) is 10.7 Å². The first kappa shape index (κ1) is 11.6. The van der Waals surface area contributed by atoms with Crippen LogP contribution in [0.15, 0.2) is 0 Å². The number of nitrogens with two attached hydrogens (primary N) is 1. The normalized spacial score (nSPS) is 19.4. The van der Waals surface area contributed by atoms with Gasteiger partial charge in [0.1, 0.15) is 0 Å². The molecule has 1 heterocycles. The van der Waals surface area contributed by atoms with Crippen molar-refractivity contribution in [3.05, 3.63) is 4.77 Å². The van der Waals surface area contributed by atoms with Gasteiger partial charge in [0, 0.05) is 12.1 Å². The molecule has 0 unspecified atom stereocenters. The van der Waals surface area contributed by atoms with E-state index in [1.807, 2.05) is 4.57 Å². The summed E-state index contributed by atoms with van der Waals surface area (Å²) in [7, 11) is 4.26. The molecule has 0 bridgehead atoms. The fraction of sp³-hybridized carbons (Fsp3) is 0.800. The Kier molecular flexibility index (Phi) is 3.03. The van der Waals surface area contributed by atoms with Crippen LogP contribution in [-0.4, -0.2) is 39.3 Å². The molecule has 1 fully saturated rings. The summed E-state index contributed by atoms with van der Waals surface area (Å²) in [6.07, 6.45) is 4.96. The molecule has 5 nitrogen and oxygen atoms in total. The Labute approximate surface area is 101 Å². The SMILES string of the molecule is CN(C)C1(Cn2c(N)n[nH]c2=S)CCCC1. The number of nitrogens with zero attached hydrogens (tertiary/aromatic N) is 3. The number of H-pyrrole nitrogens is 1. The summed E-state index contributed by atoms with van der Waals surface area (Å²) in [6, 6.07) is 0. The van der Waals surface area contributed by atoms with Crippen LogP contribution >= 0.6 is 12.2 Å². The molecular weight excluding hydrogens is 222 g/mol. The van der Waals surface area contributed by atoms with Gasteiger partial charge in [-0.3, -0.25) is 4.57 Å². The fourth-order valence-electron chi connectivity index (χ4n) is 2.56. The number of likely N-dealkylation sites (N-methyl/N-ethyl adjacent to an activating group) is 1. The topological polar surface area (TPSA) is 62.9 Å². The van der Waals surface area contributed by atoms with Gasteiger partial charge in [0.25, 0.3) is 0 Å². The van der Waals surface area contributed by atoms with E-state index < -0.39 is 0 Å². The van der Waals surface area contributed by atoms with Crippen LogP contribution in [0.5, 0.6) is 0 Å². The van der Waals surface area contributed by atoms with Crippen LogP contribution in [0.2, 0.25) is 0 Å². The Balaban J connectivity index is 2.28. The van der Waals surface area contributed by atoms with Crippen molar-refractivity contribution in [2.24, 2.45) is 0 Å². The fourth-order valence-corrected chi connectivity index (χ4v) is 2.76. The minimum atomic E-state index is 0.191. The maximum atomic E-state index is 5.81. The summed E-state index contributed by atoms with van der Waals surface area (Å²) in [5.74, 6) is 0.484. The largest absolute Gasteiger partial charge is 0.368 e. The number of anilines is 1. The zero-order chi connectivity index (χ0) is 11.8. The molecule has 0 saturated heterocycles. The summed E-state index contributed by atoms with van der Waals surface area (Å²) >= 11 is 5.19. The maximum absolute atomic E-state index is 5.81. The molecule has 0 radical (unpaired) electrons. The van der Waals surface area contributed by atoms with Crippen molar-refractivity contribution in [3.63, 3.8) is 0 Å². The molecule has 6 heteroatoms. The molecule has 1 aromatic heterocycles. The standard InChI is InChI=1S/C10H19N5S/c1-14(2)10(5-3-4-6-10)7-15-8(11)12-13-9(15)16/h3-7H2,1-2H3,(H2,11,12)(H,13,16). The Bertz CT molecular complexity index is 413. The molecule has 0 aromatic carbocycles. The van der Waals surface area contributed by atoms with Crippen LogP contribution in [0.1, 0.15) is 25.7 Å². The summed E-state index contributed by atoms with van der Waals surface area (Å²) in [5.41, 5.74) is 6.00. The van der Waals surface area contributed by atoms with E-state index in [1.54, 1.807) is 0 Å². The average molecular weight is 241 g/mol. The quantitative estimate of drug-likeness (QED) is 0.785. The van der Waals surface area contributed by atoms with E-state index in [2.05, 4.69) is 29.2 Å². The van der Waals surface area contributed by atoms with Gasteiger partial charge in [0.05, 0.1) is 0 Å². The minimum Gasteiger partial charge on any atom is -0.368 e. The lowest BCUT2D eigenvalue weighted by Gasteiger charge is -2.36.